The van der Waals surface area contributed by atoms with Gasteiger partial charge in [-0.3, -0.25) is 14.6 Å². The van der Waals surface area contributed by atoms with Gasteiger partial charge in [-0.2, -0.15) is 0 Å². The van der Waals surface area contributed by atoms with Crippen LogP contribution >= 0.6 is 0 Å². The summed E-state index contributed by atoms with van der Waals surface area (Å²) in [6.07, 6.45) is 0.996. The standard InChI is InChI=1S/C13H27N3O2/c1-4-12(2)16(11-13(17)18)10-9-15-7-5-14(3)6-8-15/h12H,4-11H2,1-3H3,(H,17,18). The van der Waals surface area contributed by atoms with Crippen molar-refractivity contribution in [2.45, 2.75) is 26.3 Å². The Morgan fingerprint density at radius 2 is 1.94 bits per heavy atom. The van der Waals surface area contributed by atoms with Gasteiger partial charge in [0.05, 0.1) is 6.54 Å². The molecule has 1 saturated heterocycles. The van der Waals surface area contributed by atoms with E-state index < -0.39 is 5.97 Å². The molecule has 1 N–H and O–H groups in total. The molecule has 0 aromatic carbocycles. The van der Waals surface area contributed by atoms with E-state index in [0.717, 1.165) is 45.7 Å². The zero-order chi connectivity index (χ0) is 13.5. The molecular weight excluding hydrogens is 230 g/mol. The maximum absolute atomic E-state index is 10.9. The lowest BCUT2D eigenvalue weighted by Gasteiger charge is -2.35. The van der Waals surface area contributed by atoms with Crippen LogP contribution in [0.3, 0.4) is 0 Å². The third-order valence-electron chi connectivity index (χ3n) is 3.85. The first-order valence-corrected chi connectivity index (χ1v) is 6.89. The van der Waals surface area contributed by atoms with Crippen molar-refractivity contribution in [1.82, 2.24) is 14.7 Å². The third kappa shape index (κ3) is 5.33. The van der Waals surface area contributed by atoms with E-state index in [1.54, 1.807) is 0 Å². The number of likely N-dealkylation sites (N-methyl/N-ethyl adjacent to an activating group) is 1. The number of rotatable bonds is 7. The molecule has 1 atom stereocenters. The summed E-state index contributed by atoms with van der Waals surface area (Å²) in [5, 5.41) is 8.94. The molecule has 18 heavy (non-hydrogen) atoms. The van der Waals surface area contributed by atoms with Crippen molar-refractivity contribution in [3.8, 4) is 0 Å². The van der Waals surface area contributed by atoms with Gasteiger partial charge in [-0.1, -0.05) is 6.92 Å². The van der Waals surface area contributed by atoms with Gasteiger partial charge in [-0.25, -0.2) is 0 Å². The lowest BCUT2D eigenvalue weighted by molar-refractivity contribution is -0.139. The number of nitrogens with zero attached hydrogens (tertiary/aromatic N) is 3. The van der Waals surface area contributed by atoms with Crippen LogP contribution < -0.4 is 0 Å². The number of carboxylic acid groups (broad SMARTS) is 1. The van der Waals surface area contributed by atoms with Gasteiger partial charge in [0.15, 0.2) is 0 Å². The molecule has 1 fully saturated rings. The Bertz CT molecular complexity index is 253. The van der Waals surface area contributed by atoms with Crippen LogP contribution in [-0.4, -0.2) is 84.7 Å². The predicted molar refractivity (Wildman–Crippen MR) is 72.9 cm³/mol. The van der Waals surface area contributed by atoms with Crippen LogP contribution in [0.4, 0.5) is 0 Å². The van der Waals surface area contributed by atoms with Crippen molar-refractivity contribution in [2.24, 2.45) is 0 Å². The van der Waals surface area contributed by atoms with Crippen molar-refractivity contribution in [2.75, 3.05) is 52.9 Å². The number of hydrogen-bond acceptors (Lipinski definition) is 4. The molecule has 1 unspecified atom stereocenters. The van der Waals surface area contributed by atoms with Gasteiger partial charge in [-0.05, 0) is 20.4 Å². The van der Waals surface area contributed by atoms with Gasteiger partial charge in [0, 0.05) is 45.3 Å². The van der Waals surface area contributed by atoms with E-state index in [4.69, 9.17) is 5.11 Å². The topological polar surface area (TPSA) is 47.0 Å². The first kappa shape index (κ1) is 15.4. The smallest absolute Gasteiger partial charge is 0.317 e. The van der Waals surface area contributed by atoms with E-state index in [0.29, 0.717) is 6.04 Å². The van der Waals surface area contributed by atoms with Crippen LogP contribution in [0.5, 0.6) is 0 Å². The van der Waals surface area contributed by atoms with Crippen molar-refractivity contribution < 1.29 is 9.90 Å². The van der Waals surface area contributed by atoms with E-state index >= 15 is 0 Å². The summed E-state index contributed by atoms with van der Waals surface area (Å²) < 4.78 is 0. The van der Waals surface area contributed by atoms with Crippen molar-refractivity contribution in [3.63, 3.8) is 0 Å². The maximum atomic E-state index is 10.9. The van der Waals surface area contributed by atoms with Gasteiger partial charge >= 0.3 is 5.97 Å². The number of aliphatic carboxylic acids is 1. The number of carbonyl (C=O) groups is 1. The van der Waals surface area contributed by atoms with Crippen molar-refractivity contribution in [1.29, 1.82) is 0 Å². The quantitative estimate of drug-likeness (QED) is 0.716. The zero-order valence-electron chi connectivity index (χ0n) is 11.9. The fourth-order valence-corrected chi connectivity index (χ4v) is 2.23. The fraction of sp³-hybridized carbons (Fsp3) is 0.923. The van der Waals surface area contributed by atoms with Gasteiger partial charge in [0.2, 0.25) is 0 Å². The molecule has 0 saturated carbocycles. The van der Waals surface area contributed by atoms with E-state index in [1.165, 1.54) is 0 Å². The highest BCUT2D eigenvalue weighted by Gasteiger charge is 2.18. The Morgan fingerprint density at radius 3 is 2.44 bits per heavy atom. The highest BCUT2D eigenvalue weighted by molar-refractivity contribution is 5.69. The molecule has 1 rings (SSSR count). The monoisotopic (exact) mass is 257 g/mol. The summed E-state index contributed by atoms with van der Waals surface area (Å²) in [5.74, 6) is -0.728. The van der Waals surface area contributed by atoms with Gasteiger partial charge in [0.25, 0.3) is 0 Å². The Kier molecular flexibility index (Phi) is 6.60. The van der Waals surface area contributed by atoms with Crippen LogP contribution in [0, 0.1) is 0 Å². The highest BCUT2D eigenvalue weighted by atomic mass is 16.4. The number of carboxylic acids is 1. The van der Waals surface area contributed by atoms with Crippen LogP contribution in [0.15, 0.2) is 0 Å². The largest absolute Gasteiger partial charge is 0.480 e. The van der Waals surface area contributed by atoms with E-state index in [9.17, 15) is 4.79 Å². The summed E-state index contributed by atoms with van der Waals surface area (Å²) in [7, 11) is 2.15. The third-order valence-corrected chi connectivity index (χ3v) is 3.85. The van der Waals surface area contributed by atoms with Gasteiger partial charge in [-0.15, -0.1) is 0 Å². The Hall–Kier alpha value is -0.650. The first-order valence-electron chi connectivity index (χ1n) is 6.89. The Morgan fingerprint density at radius 1 is 1.33 bits per heavy atom. The minimum absolute atomic E-state index is 0.156. The molecular formula is C13H27N3O2. The minimum atomic E-state index is -0.728. The van der Waals surface area contributed by atoms with E-state index in [1.807, 2.05) is 0 Å². The average molecular weight is 257 g/mol. The summed E-state index contributed by atoms with van der Waals surface area (Å²) >= 11 is 0. The summed E-state index contributed by atoms with van der Waals surface area (Å²) in [4.78, 5) is 17.7. The molecule has 0 radical (unpaired) electrons. The Labute approximate surface area is 110 Å². The lowest BCUT2D eigenvalue weighted by Crippen LogP contribution is -2.48. The molecule has 1 aliphatic heterocycles. The van der Waals surface area contributed by atoms with Crippen molar-refractivity contribution in [3.05, 3.63) is 0 Å². The average Bonchev–Trinajstić information content (AvgIpc) is 2.35. The molecule has 106 valence electrons. The number of hydrogen-bond donors (Lipinski definition) is 1. The molecule has 0 bridgehead atoms. The summed E-state index contributed by atoms with van der Waals surface area (Å²) in [6, 6.07) is 0.341. The lowest BCUT2D eigenvalue weighted by atomic mass is 10.2. The zero-order valence-corrected chi connectivity index (χ0v) is 11.9. The summed E-state index contributed by atoms with van der Waals surface area (Å²) in [6.45, 7) is 10.6. The first-order chi connectivity index (χ1) is 8.52. The van der Waals surface area contributed by atoms with Gasteiger partial charge in [0.1, 0.15) is 0 Å². The minimum Gasteiger partial charge on any atom is -0.480 e. The van der Waals surface area contributed by atoms with E-state index in [2.05, 4.69) is 35.6 Å². The molecule has 1 aliphatic rings. The maximum Gasteiger partial charge on any atom is 0.317 e. The highest BCUT2D eigenvalue weighted by Crippen LogP contribution is 2.05. The van der Waals surface area contributed by atoms with Crippen LogP contribution in [0.1, 0.15) is 20.3 Å². The van der Waals surface area contributed by atoms with Crippen molar-refractivity contribution >= 4 is 5.97 Å². The molecule has 0 spiro atoms. The molecule has 1 heterocycles. The predicted octanol–water partition coefficient (Wildman–Crippen LogP) is 0.419. The molecule has 0 aromatic rings. The number of piperazine rings is 1. The second-order valence-corrected chi connectivity index (χ2v) is 5.27. The van der Waals surface area contributed by atoms with Crippen LogP contribution in [0.2, 0.25) is 0 Å². The van der Waals surface area contributed by atoms with Crippen LogP contribution in [0.25, 0.3) is 0 Å². The fourth-order valence-electron chi connectivity index (χ4n) is 2.23. The molecule has 5 heteroatoms. The molecule has 0 amide bonds. The van der Waals surface area contributed by atoms with Crippen LogP contribution in [-0.2, 0) is 4.79 Å². The van der Waals surface area contributed by atoms with Gasteiger partial charge < -0.3 is 10.0 Å². The SMILES string of the molecule is CCC(C)N(CCN1CCN(C)CC1)CC(=O)O. The second-order valence-electron chi connectivity index (χ2n) is 5.27. The Balaban J connectivity index is 2.34. The second kappa shape index (κ2) is 7.71. The molecule has 5 nitrogen and oxygen atoms in total. The molecule has 0 aromatic heterocycles. The normalized spacial score (nSPS) is 20.2. The van der Waals surface area contributed by atoms with E-state index in [-0.39, 0.29) is 6.54 Å². The molecule has 0 aliphatic carbocycles. The summed E-state index contributed by atoms with van der Waals surface area (Å²) in [5.41, 5.74) is 0.